The summed E-state index contributed by atoms with van der Waals surface area (Å²) in [6.07, 6.45) is 3.49. The lowest BCUT2D eigenvalue weighted by Gasteiger charge is -2.08. The molecule has 3 rings (SSSR count). The Morgan fingerprint density at radius 2 is 2.12 bits per heavy atom. The zero-order valence-corrected chi connectivity index (χ0v) is 10.3. The molecular weight excluding hydrogens is 212 g/mol. The number of aromatic nitrogens is 3. The molecule has 17 heavy (non-hydrogen) atoms. The van der Waals surface area contributed by atoms with Crippen LogP contribution in [-0.4, -0.2) is 14.5 Å². The van der Waals surface area contributed by atoms with Crippen LogP contribution in [0.4, 0.5) is 5.82 Å². The largest absolute Gasteiger partial charge is 0.384 e. The van der Waals surface area contributed by atoms with Gasteiger partial charge in [0.05, 0.1) is 0 Å². The van der Waals surface area contributed by atoms with Crippen LogP contribution in [0.3, 0.4) is 0 Å². The van der Waals surface area contributed by atoms with E-state index in [0.29, 0.717) is 17.8 Å². The maximum Gasteiger partial charge on any atom is 0.162 e. The van der Waals surface area contributed by atoms with Crippen molar-refractivity contribution in [2.45, 2.75) is 39.2 Å². The van der Waals surface area contributed by atoms with Gasteiger partial charge in [0.15, 0.2) is 5.65 Å². The second-order valence-corrected chi connectivity index (χ2v) is 5.31. The SMILES string of the molecule is CC(C)Cc1nc2ccc(N)nc2n1C1CC1. The first-order chi connectivity index (χ1) is 8.15. The lowest BCUT2D eigenvalue weighted by Crippen LogP contribution is -2.06. The molecule has 0 bridgehead atoms. The van der Waals surface area contributed by atoms with Gasteiger partial charge in [0.25, 0.3) is 0 Å². The summed E-state index contributed by atoms with van der Waals surface area (Å²) in [6, 6.07) is 4.40. The molecule has 2 aromatic heterocycles. The van der Waals surface area contributed by atoms with E-state index in [9.17, 15) is 0 Å². The molecule has 0 amide bonds. The molecule has 4 nitrogen and oxygen atoms in total. The number of fused-ring (bicyclic) bond motifs is 1. The van der Waals surface area contributed by atoms with Crippen molar-refractivity contribution >= 4 is 17.0 Å². The van der Waals surface area contributed by atoms with E-state index in [-0.39, 0.29) is 0 Å². The molecule has 1 fully saturated rings. The minimum absolute atomic E-state index is 0.579. The van der Waals surface area contributed by atoms with Crippen LogP contribution >= 0.6 is 0 Å². The van der Waals surface area contributed by atoms with E-state index in [1.54, 1.807) is 0 Å². The lowest BCUT2D eigenvalue weighted by atomic mass is 10.1. The normalized spacial score (nSPS) is 15.9. The van der Waals surface area contributed by atoms with Gasteiger partial charge in [-0.2, -0.15) is 0 Å². The molecule has 1 aliphatic rings. The molecular formula is C13H18N4. The highest BCUT2D eigenvalue weighted by Gasteiger charge is 2.28. The second kappa shape index (κ2) is 3.72. The quantitative estimate of drug-likeness (QED) is 0.881. The van der Waals surface area contributed by atoms with Gasteiger partial charge < -0.3 is 10.3 Å². The smallest absolute Gasteiger partial charge is 0.162 e. The maximum absolute atomic E-state index is 5.77. The molecule has 0 aromatic carbocycles. The van der Waals surface area contributed by atoms with Crippen LogP contribution in [0.25, 0.3) is 11.2 Å². The summed E-state index contributed by atoms with van der Waals surface area (Å²) in [6.45, 7) is 4.44. The highest BCUT2D eigenvalue weighted by molar-refractivity contribution is 5.73. The van der Waals surface area contributed by atoms with Gasteiger partial charge in [-0.3, -0.25) is 0 Å². The standard InChI is InChI=1S/C13H18N4/c1-8(2)7-12-15-10-5-6-11(14)16-13(10)17(12)9-3-4-9/h5-6,8-9H,3-4,7H2,1-2H3,(H2,14,16). The Hall–Kier alpha value is -1.58. The number of rotatable bonds is 3. The molecule has 1 aliphatic carbocycles. The number of anilines is 1. The van der Waals surface area contributed by atoms with Gasteiger partial charge >= 0.3 is 0 Å². The molecule has 0 spiro atoms. The van der Waals surface area contributed by atoms with E-state index in [1.807, 2.05) is 12.1 Å². The molecule has 0 unspecified atom stereocenters. The molecule has 90 valence electrons. The zero-order valence-electron chi connectivity index (χ0n) is 10.3. The average molecular weight is 230 g/mol. The molecule has 0 atom stereocenters. The van der Waals surface area contributed by atoms with Crippen molar-refractivity contribution in [1.29, 1.82) is 0 Å². The number of pyridine rings is 1. The predicted molar refractivity (Wildman–Crippen MR) is 68.8 cm³/mol. The van der Waals surface area contributed by atoms with Gasteiger partial charge in [-0.15, -0.1) is 0 Å². The zero-order chi connectivity index (χ0) is 12.0. The van der Waals surface area contributed by atoms with Gasteiger partial charge in [0, 0.05) is 12.5 Å². The van der Waals surface area contributed by atoms with E-state index in [1.165, 1.54) is 12.8 Å². The van der Waals surface area contributed by atoms with E-state index < -0.39 is 0 Å². The molecule has 2 N–H and O–H groups in total. The molecule has 2 heterocycles. The Balaban J connectivity index is 2.16. The Bertz CT molecular complexity index is 552. The average Bonchev–Trinajstić information content (AvgIpc) is 3.01. The third-order valence-electron chi connectivity index (χ3n) is 3.13. The third kappa shape index (κ3) is 1.88. The third-order valence-corrected chi connectivity index (χ3v) is 3.13. The number of imidazole rings is 1. The highest BCUT2D eigenvalue weighted by Crippen LogP contribution is 2.38. The number of nitrogen functional groups attached to an aromatic ring is 1. The maximum atomic E-state index is 5.77. The van der Waals surface area contributed by atoms with Crippen molar-refractivity contribution in [3.8, 4) is 0 Å². The minimum atomic E-state index is 0.579. The Kier molecular flexibility index (Phi) is 2.31. The first-order valence-corrected chi connectivity index (χ1v) is 6.28. The molecule has 2 aromatic rings. The summed E-state index contributed by atoms with van der Waals surface area (Å²) in [5.41, 5.74) is 7.71. The van der Waals surface area contributed by atoms with E-state index in [4.69, 9.17) is 10.7 Å². The molecule has 0 saturated heterocycles. The Labute approximate surface area is 101 Å². The van der Waals surface area contributed by atoms with Crippen molar-refractivity contribution in [3.05, 3.63) is 18.0 Å². The molecule has 0 aliphatic heterocycles. The first kappa shape index (κ1) is 10.6. The number of nitrogens with zero attached hydrogens (tertiary/aromatic N) is 3. The van der Waals surface area contributed by atoms with Crippen LogP contribution in [0.2, 0.25) is 0 Å². The summed E-state index contributed by atoms with van der Waals surface area (Å²) in [5.74, 6) is 2.35. The van der Waals surface area contributed by atoms with E-state index >= 15 is 0 Å². The summed E-state index contributed by atoms with van der Waals surface area (Å²) < 4.78 is 2.30. The Morgan fingerprint density at radius 1 is 1.35 bits per heavy atom. The van der Waals surface area contributed by atoms with E-state index in [2.05, 4.69) is 23.4 Å². The molecule has 4 heteroatoms. The summed E-state index contributed by atoms with van der Waals surface area (Å²) in [7, 11) is 0. The van der Waals surface area contributed by atoms with Crippen LogP contribution in [0.5, 0.6) is 0 Å². The fourth-order valence-corrected chi connectivity index (χ4v) is 2.26. The van der Waals surface area contributed by atoms with Crippen LogP contribution in [0.15, 0.2) is 12.1 Å². The first-order valence-electron chi connectivity index (χ1n) is 6.28. The number of hydrogen-bond acceptors (Lipinski definition) is 3. The van der Waals surface area contributed by atoms with Crippen LogP contribution < -0.4 is 5.73 Å². The van der Waals surface area contributed by atoms with Crippen molar-refractivity contribution < 1.29 is 0 Å². The monoisotopic (exact) mass is 230 g/mol. The number of hydrogen-bond donors (Lipinski definition) is 1. The second-order valence-electron chi connectivity index (χ2n) is 5.31. The summed E-state index contributed by atoms with van der Waals surface area (Å²) >= 11 is 0. The fourth-order valence-electron chi connectivity index (χ4n) is 2.26. The Morgan fingerprint density at radius 3 is 2.76 bits per heavy atom. The van der Waals surface area contributed by atoms with Crippen molar-refractivity contribution in [2.24, 2.45) is 5.92 Å². The van der Waals surface area contributed by atoms with Crippen LogP contribution in [-0.2, 0) is 6.42 Å². The number of nitrogens with two attached hydrogens (primary N) is 1. The van der Waals surface area contributed by atoms with Crippen molar-refractivity contribution in [3.63, 3.8) is 0 Å². The topological polar surface area (TPSA) is 56.7 Å². The van der Waals surface area contributed by atoms with Gasteiger partial charge in [-0.1, -0.05) is 13.8 Å². The molecule has 1 saturated carbocycles. The molecule has 0 radical (unpaired) electrons. The van der Waals surface area contributed by atoms with Crippen molar-refractivity contribution in [1.82, 2.24) is 14.5 Å². The summed E-state index contributed by atoms with van der Waals surface area (Å²) in [5, 5.41) is 0. The van der Waals surface area contributed by atoms with Gasteiger partial charge in [0.2, 0.25) is 0 Å². The van der Waals surface area contributed by atoms with Gasteiger partial charge in [-0.25, -0.2) is 9.97 Å². The van der Waals surface area contributed by atoms with Crippen molar-refractivity contribution in [2.75, 3.05) is 5.73 Å². The van der Waals surface area contributed by atoms with Crippen LogP contribution in [0.1, 0.15) is 38.6 Å². The summed E-state index contributed by atoms with van der Waals surface area (Å²) in [4.78, 5) is 9.14. The van der Waals surface area contributed by atoms with Gasteiger partial charge in [-0.05, 0) is 30.9 Å². The minimum Gasteiger partial charge on any atom is -0.384 e. The lowest BCUT2D eigenvalue weighted by molar-refractivity contribution is 0.583. The van der Waals surface area contributed by atoms with Crippen LogP contribution in [0, 0.1) is 5.92 Å². The fraction of sp³-hybridized carbons (Fsp3) is 0.538. The predicted octanol–water partition coefficient (Wildman–Crippen LogP) is 2.55. The van der Waals surface area contributed by atoms with E-state index in [0.717, 1.165) is 23.4 Å². The highest BCUT2D eigenvalue weighted by atomic mass is 15.2. The van der Waals surface area contributed by atoms with Gasteiger partial charge in [0.1, 0.15) is 17.2 Å².